The summed E-state index contributed by atoms with van der Waals surface area (Å²) >= 11 is 0. The van der Waals surface area contributed by atoms with Crippen LogP contribution in [-0.2, 0) is 27.3 Å². The number of hydrogen-bond donors (Lipinski definition) is 1. The van der Waals surface area contributed by atoms with E-state index < -0.39 is 5.97 Å². The number of rotatable bonds is 7. The number of amides is 1. The molecule has 0 radical (unpaired) electrons. The van der Waals surface area contributed by atoms with Crippen LogP contribution >= 0.6 is 0 Å². The van der Waals surface area contributed by atoms with E-state index >= 15 is 0 Å². The average Bonchev–Trinajstić information content (AvgIpc) is 2.71. The maximum atomic E-state index is 12.6. The van der Waals surface area contributed by atoms with Crippen LogP contribution in [0.15, 0.2) is 53.6 Å². The van der Waals surface area contributed by atoms with Gasteiger partial charge in [-0.3, -0.25) is 19.0 Å². The molecule has 0 bridgehead atoms. The van der Waals surface area contributed by atoms with Gasteiger partial charge in [0.05, 0.1) is 37.4 Å². The maximum Gasteiger partial charge on any atom is 0.326 e. The molecule has 0 atom stereocenters. The van der Waals surface area contributed by atoms with Gasteiger partial charge >= 0.3 is 5.97 Å². The Morgan fingerprint density at radius 3 is 2.59 bits per heavy atom. The normalized spacial score (nSPS) is 10.6. The Balaban J connectivity index is 1.76. The van der Waals surface area contributed by atoms with Crippen molar-refractivity contribution >= 4 is 28.5 Å². The van der Waals surface area contributed by atoms with E-state index in [1.54, 1.807) is 44.4 Å². The molecule has 1 heterocycles. The Kier molecular flexibility index (Phi) is 6.23. The van der Waals surface area contributed by atoms with Crippen molar-refractivity contribution in [2.45, 2.75) is 19.9 Å². The van der Waals surface area contributed by atoms with E-state index in [-0.39, 0.29) is 31.0 Å². The molecule has 29 heavy (non-hydrogen) atoms. The van der Waals surface area contributed by atoms with Crippen LogP contribution in [0.25, 0.3) is 10.9 Å². The topological polar surface area (TPSA) is 99.5 Å². The number of methoxy groups -OCH3 is 1. The van der Waals surface area contributed by atoms with Gasteiger partial charge in [0.1, 0.15) is 12.3 Å². The van der Waals surface area contributed by atoms with Crippen LogP contribution in [0.1, 0.15) is 12.5 Å². The van der Waals surface area contributed by atoms with Gasteiger partial charge in [-0.2, -0.15) is 0 Å². The molecule has 150 valence electrons. The lowest BCUT2D eigenvalue weighted by atomic mass is 10.1. The summed E-state index contributed by atoms with van der Waals surface area (Å²) in [6, 6.07) is 12.1. The zero-order valence-electron chi connectivity index (χ0n) is 16.2. The number of nitrogens with one attached hydrogen (secondary N) is 1. The van der Waals surface area contributed by atoms with Gasteiger partial charge in [-0.1, -0.05) is 12.1 Å². The van der Waals surface area contributed by atoms with Gasteiger partial charge < -0.3 is 14.8 Å². The van der Waals surface area contributed by atoms with Crippen molar-refractivity contribution in [1.82, 2.24) is 9.55 Å². The molecular formula is C21H21N3O5. The number of carbonyl (C=O) groups is 2. The number of aromatic nitrogens is 2. The monoisotopic (exact) mass is 395 g/mol. The van der Waals surface area contributed by atoms with E-state index in [9.17, 15) is 14.4 Å². The molecule has 2 aromatic carbocycles. The van der Waals surface area contributed by atoms with Crippen molar-refractivity contribution in [2.75, 3.05) is 19.0 Å². The molecule has 0 saturated carbocycles. The van der Waals surface area contributed by atoms with Gasteiger partial charge in [-0.25, -0.2) is 4.98 Å². The summed E-state index contributed by atoms with van der Waals surface area (Å²) in [6.07, 6.45) is 1.49. The first-order valence-electron chi connectivity index (χ1n) is 9.07. The molecule has 3 aromatic rings. The summed E-state index contributed by atoms with van der Waals surface area (Å²) in [7, 11) is 1.58. The summed E-state index contributed by atoms with van der Waals surface area (Å²) in [6.45, 7) is 1.71. The maximum absolute atomic E-state index is 12.6. The number of anilines is 1. The fourth-order valence-electron chi connectivity index (χ4n) is 2.83. The van der Waals surface area contributed by atoms with E-state index in [1.807, 2.05) is 12.1 Å². The summed E-state index contributed by atoms with van der Waals surface area (Å²) in [4.78, 5) is 40.8. The number of ether oxygens (including phenoxy) is 2. The predicted octanol–water partition coefficient (Wildman–Crippen LogP) is 2.15. The van der Waals surface area contributed by atoms with Gasteiger partial charge in [0.25, 0.3) is 5.56 Å². The van der Waals surface area contributed by atoms with Crippen LogP contribution in [0.2, 0.25) is 0 Å². The van der Waals surface area contributed by atoms with Crippen LogP contribution in [0.4, 0.5) is 5.69 Å². The second-order valence-electron chi connectivity index (χ2n) is 6.29. The van der Waals surface area contributed by atoms with Crippen molar-refractivity contribution in [3.8, 4) is 5.75 Å². The largest absolute Gasteiger partial charge is 0.497 e. The predicted molar refractivity (Wildman–Crippen MR) is 108 cm³/mol. The third-order valence-corrected chi connectivity index (χ3v) is 4.24. The zero-order valence-corrected chi connectivity index (χ0v) is 16.2. The van der Waals surface area contributed by atoms with Crippen LogP contribution in [0.5, 0.6) is 5.75 Å². The molecule has 0 fully saturated rings. The summed E-state index contributed by atoms with van der Waals surface area (Å²) in [5.74, 6) is -0.0137. The van der Waals surface area contributed by atoms with E-state index in [0.29, 0.717) is 16.6 Å². The molecule has 1 N–H and O–H groups in total. The smallest absolute Gasteiger partial charge is 0.326 e. The Morgan fingerprint density at radius 1 is 1.14 bits per heavy atom. The fraction of sp³-hybridized carbons (Fsp3) is 0.238. The standard InChI is InChI=1S/C21H21N3O5/c1-3-29-20(26)12-24-13-22-18-9-6-15(11-17(18)21(24)27)23-19(25)10-14-4-7-16(28-2)8-5-14/h4-9,11,13H,3,10,12H2,1-2H3,(H,23,25). The summed E-state index contributed by atoms with van der Waals surface area (Å²) in [5, 5.41) is 3.09. The van der Waals surface area contributed by atoms with E-state index in [0.717, 1.165) is 11.3 Å². The average molecular weight is 395 g/mol. The van der Waals surface area contributed by atoms with Gasteiger partial charge in [0, 0.05) is 5.69 Å². The molecule has 0 aliphatic heterocycles. The first kappa shape index (κ1) is 20.1. The molecule has 0 unspecified atom stereocenters. The molecule has 8 nitrogen and oxygen atoms in total. The first-order chi connectivity index (χ1) is 14.0. The highest BCUT2D eigenvalue weighted by Crippen LogP contribution is 2.16. The Bertz CT molecular complexity index is 1090. The van der Waals surface area contributed by atoms with Crippen molar-refractivity contribution in [1.29, 1.82) is 0 Å². The lowest BCUT2D eigenvalue weighted by Crippen LogP contribution is -2.25. The van der Waals surface area contributed by atoms with Gasteiger partial charge in [-0.05, 0) is 42.8 Å². The van der Waals surface area contributed by atoms with Crippen molar-refractivity contribution in [2.24, 2.45) is 0 Å². The third kappa shape index (κ3) is 4.98. The van der Waals surface area contributed by atoms with Crippen molar-refractivity contribution < 1.29 is 19.1 Å². The number of benzene rings is 2. The Hall–Kier alpha value is -3.68. The number of esters is 1. The second-order valence-corrected chi connectivity index (χ2v) is 6.29. The minimum atomic E-state index is -0.514. The van der Waals surface area contributed by atoms with Crippen LogP contribution in [0, 0.1) is 0 Å². The minimum absolute atomic E-state index is 0.183. The fourth-order valence-corrected chi connectivity index (χ4v) is 2.83. The molecule has 0 aliphatic carbocycles. The molecule has 0 saturated heterocycles. The molecule has 3 rings (SSSR count). The number of fused-ring (bicyclic) bond motifs is 1. The quantitative estimate of drug-likeness (QED) is 0.616. The van der Waals surface area contributed by atoms with Gasteiger partial charge in [0.2, 0.25) is 5.91 Å². The van der Waals surface area contributed by atoms with Crippen LogP contribution < -0.4 is 15.6 Å². The molecule has 1 aromatic heterocycles. The SMILES string of the molecule is CCOC(=O)Cn1cnc2ccc(NC(=O)Cc3ccc(OC)cc3)cc2c1=O. The van der Waals surface area contributed by atoms with Crippen LogP contribution in [0.3, 0.4) is 0 Å². The van der Waals surface area contributed by atoms with Crippen molar-refractivity contribution in [3.63, 3.8) is 0 Å². The molecule has 8 heteroatoms. The number of nitrogens with zero attached hydrogens (tertiary/aromatic N) is 2. The van der Waals surface area contributed by atoms with Crippen molar-refractivity contribution in [3.05, 3.63) is 64.7 Å². The number of hydrogen-bond acceptors (Lipinski definition) is 6. The molecular weight excluding hydrogens is 374 g/mol. The highest BCUT2D eigenvalue weighted by Gasteiger charge is 2.11. The molecule has 1 amide bonds. The molecule has 0 aliphatic rings. The first-order valence-corrected chi connectivity index (χ1v) is 9.07. The Labute approximate surface area is 167 Å². The summed E-state index contributed by atoms with van der Waals surface area (Å²) < 4.78 is 11.2. The summed E-state index contributed by atoms with van der Waals surface area (Å²) in [5.41, 5.74) is 1.41. The lowest BCUT2D eigenvalue weighted by molar-refractivity contribution is -0.143. The molecule has 0 spiro atoms. The highest BCUT2D eigenvalue weighted by atomic mass is 16.5. The van der Waals surface area contributed by atoms with E-state index in [4.69, 9.17) is 9.47 Å². The lowest BCUT2D eigenvalue weighted by Gasteiger charge is -2.09. The van der Waals surface area contributed by atoms with Gasteiger partial charge in [0.15, 0.2) is 0 Å². The Morgan fingerprint density at radius 2 is 1.90 bits per heavy atom. The van der Waals surface area contributed by atoms with E-state index in [1.165, 1.54) is 10.9 Å². The number of carbonyl (C=O) groups excluding carboxylic acids is 2. The second kappa shape index (κ2) is 9.01. The minimum Gasteiger partial charge on any atom is -0.497 e. The van der Waals surface area contributed by atoms with E-state index in [2.05, 4.69) is 10.3 Å². The van der Waals surface area contributed by atoms with Gasteiger partial charge in [-0.15, -0.1) is 0 Å². The van der Waals surface area contributed by atoms with Crippen LogP contribution in [-0.4, -0.2) is 35.1 Å². The highest BCUT2D eigenvalue weighted by molar-refractivity contribution is 5.94. The zero-order chi connectivity index (χ0) is 20.8. The third-order valence-electron chi connectivity index (χ3n) is 4.24.